The van der Waals surface area contributed by atoms with E-state index in [4.69, 9.17) is 0 Å². The Morgan fingerprint density at radius 2 is 1.81 bits per heavy atom. The Balaban J connectivity index is 1.65. The van der Waals surface area contributed by atoms with E-state index in [0.717, 1.165) is 57.2 Å². The van der Waals surface area contributed by atoms with Crippen LogP contribution in [0.25, 0.3) is 0 Å². The Bertz CT molecular complexity index is 676. The summed E-state index contributed by atoms with van der Waals surface area (Å²) >= 11 is 0. The second-order valence-corrected chi connectivity index (χ2v) is 10.0. The fourth-order valence-corrected chi connectivity index (χ4v) is 7.05. The van der Waals surface area contributed by atoms with Crippen LogP contribution in [0.4, 0.5) is 0 Å². The molecule has 0 spiro atoms. The van der Waals surface area contributed by atoms with Crippen LogP contribution < -0.4 is 0 Å². The highest BCUT2D eigenvalue weighted by atomic mass is 16.3. The van der Waals surface area contributed by atoms with Gasteiger partial charge in [-0.05, 0) is 82.0 Å². The molecule has 27 heavy (non-hydrogen) atoms. The first kappa shape index (κ1) is 19.2. The van der Waals surface area contributed by atoms with E-state index in [2.05, 4.69) is 44.9 Å². The van der Waals surface area contributed by atoms with E-state index in [-0.39, 0.29) is 16.9 Å². The third-order valence-corrected chi connectivity index (χ3v) is 8.87. The number of hydrogen-bond donors (Lipinski definition) is 1. The number of hydrogen-bond acceptors (Lipinski definition) is 3. The van der Waals surface area contributed by atoms with Crippen molar-refractivity contribution in [1.29, 1.82) is 0 Å². The van der Waals surface area contributed by atoms with Gasteiger partial charge in [0.2, 0.25) is 0 Å². The Labute approximate surface area is 164 Å². The van der Waals surface area contributed by atoms with Gasteiger partial charge in [-0.15, -0.1) is 0 Å². The fourth-order valence-electron chi connectivity index (χ4n) is 7.05. The van der Waals surface area contributed by atoms with E-state index in [1.165, 1.54) is 12.0 Å². The number of Topliss-reactive ketones (excluding diaryl/α,β-unsaturated/α-hetero) is 1. The van der Waals surface area contributed by atoms with Gasteiger partial charge in [0, 0.05) is 30.3 Å². The number of aliphatic hydroxyl groups is 1. The highest BCUT2D eigenvalue weighted by molar-refractivity contribution is 6.02. The van der Waals surface area contributed by atoms with Crippen molar-refractivity contribution in [2.45, 2.75) is 78.7 Å². The molecule has 3 heteroatoms. The third-order valence-electron chi connectivity index (χ3n) is 8.87. The first-order valence-corrected chi connectivity index (χ1v) is 11.2. The molecule has 0 aromatic rings. The van der Waals surface area contributed by atoms with Crippen molar-refractivity contribution < 1.29 is 9.90 Å². The number of carbonyl (C=O) groups excluding carboxylic acids is 1. The molecular weight excluding hydrogens is 334 g/mol. The van der Waals surface area contributed by atoms with Crippen molar-refractivity contribution in [3.63, 3.8) is 0 Å². The highest BCUT2D eigenvalue weighted by Crippen LogP contribution is 2.64. The minimum absolute atomic E-state index is 0.147. The topological polar surface area (TPSA) is 40.5 Å². The second-order valence-electron chi connectivity index (χ2n) is 10.0. The minimum atomic E-state index is -0.157. The maximum Gasteiger partial charge on any atom is 0.166 e. The lowest BCUT2D eigenvalue weighted by Crippen LogP contribution is -2.50. The SMILES string of the molecule is CCN(/C=C1/C[C@H]2[C@@H]3CC=C4C[C@@H](O)CC[C@]4(C)[C@H]3CC[C@]2(C)C1=O)CC. The molecule has 4 aliphatic rings. The molecule has 3 saturated carbocycles. The quantitative estimate of drug-likeness (QED) is 0.577. The van der Waals surface area contributed by atoms with Crippen LogP contribution in [0, 0.1) is 28.6 Å². The van der Waals surface area contributed by atoms with Crippen LogP contribution in [0.2, 0.25) is 0 Å². The Kier molecular flexibility index (Phi) is 4.81. The lowest BCUT2D eigenvalue weighted by molar-refractivity contribution is -0.130. The van der Waals surface area contributed by atoms with Crippen LogP contribution in [0.15, 0.2) is 23.4 Å². The van der Waals surface area contributed by atoms with Gasteiger partial charge in [0.1, 0.15) is 0 Å². The van der Waals surface area contributed by atoms with Crippen molar-refractivity contribution in [3.05, 3.63) is 23.4 Å². The molecule has 0 aromatic heterocycles. The molecule has 4 aliphatic carbocycles. The monoisotopic (exact) mass is 371 g/mol. The van der Waals surface area contributed by atoms with Gasteiger partial charge >= 0.3 is 0 Å². The van der Waals surface area contributed by atoms with Crippen molar-refractivity contribution in [2.24, 2.45) is 28.6 Å². The molecule has 1 N–H and O–H groups in total. The summed E-state index contributed by atoms with van der Waals surface area (Å²) in [6, 6.07) is 0. The molecular formula is C24H37NO2. The Hall–Kier alpha value is -1.09. The summed E-state index contributed by atoms with van der Waals surface area (Å²) in [5.74, 6) is 2.23. The summed E-state index contributed by atoms with van der Waals surface area (Å²) in [4.78, 5) is 15.6. The van der Waals surface area contributed by atoms with Crippen LogP contribution >= 0.6 is 0 Å². The largest absolute Gasteiger partial charge is 0.393 e. The van der Waals surface area contributed by atoms with Gasteiger partial charge in [-0.1, -0.05) is 25.5 Å². The lowest BCUT2D eigenvalue weighted by atomic mass is 9.48. The van der Waals surface area contributed by atoms with Crippen LogP contribution in [0.3, 0.4) is 0 Å². The average Bonchev–Trinajstić information content (AvgIpc) is 2.91. The first-order valence-electron chi connectivity index (χ1n) is 11.2. The zero-order valence-electron chi connectivity index (χ0n) is 17.6. The zero-order chi connectivity index (χ0) is 19.4. The number of carbonyl (C=O) groups is 1. The number of aliphatic hydroxyl groups excluding tert-OH is 1. The molecule has 0 amide bonds. The summed E-state index contributed by atoms with van der Waals surface area (Å²) in [5, 5.41) is 10.2. The van der Waals surface area contributed by atoms with Crippen molar-refractivity contribution in [1.82, 2.24) is 4.90 Å². The van der Waals surface area contributed by atoms with Gasteiger partial charge in [0.25, 0.3) is 0 Å². The predicted molar refractivity (Wildman–Crippen MR) is 109 cm³/mol. The predicted octanol–water partition coefficient (Wildman–Crippen LogP) is 4.71. The van der Waals surface area contributed by atoms with E-state index in [1.807, 2.05) is 0 Å². The molecule has 3 nitrogen and oxygen atoms in total. The molecule has 0 aromatic carbocycles. The number of nitrogens with zero attached hydrogens (tertiary/aromatic N) is 1. The lowest BCUT2D eigenvalue weighted by Gasteiger charge is -2.56. The third kappa shape index (κ3) is 2.84. The van der Waals surface area contributed by atoms with Crippen molar-refractivity contribution >= 4 is 5.78 Å². The molecule has 0 aliphatic heterocycles. The van der Waals surface area contributed by atoms with Gasteiger partial charge in [-0.2, -0.15) is 0 Å². The van der Waals surface area contributed by atoms with Crippen LogP contribution in [-0.2, 0) is 4.79 Å². The molecule has 0 radical (unpaired) electrons. The summed E-state index contributed by atoms with van der Waals surface area (Å²) < 4.78 is 0. The molecule has 0 saturated heterocycles. The minimum Gasteiger partial charge on any atom is -0.393 e. The first-order chi connectivity index (χ1) is 12.8. The summed E-state index contributed by atoms with van der Waals surface area (Å²) in [7, 11) is 0. The molecule has 0 unspecified atom stereocenters. The second kappa shape index (κ2) is 6.76. The smallest absolute Gasteiger partial charge is 0.166 e. The molecule has 0 bridgehead atoms. The molecule has 3 fully saturated rings. The maximum absolute atomic E-state index is 13.4. The van der Waals surface area contributed by atoms with Crippen LogP contribution in [0.5, 0.6) is 0 Å². The molecule has 4 rings (SSSR count). The van der Waals surface area contributed by atoms with Crippen molar-refractivity contribution in [2.75, 3.05) is 13.1 Å². The summed E-state index contributed by atoms with van der Waals surface area (Å²) in [5.41, 5.74) is 2.67. The van der Waals surface area contributed by atoms with Gasteiger partial charge in [-0.25, -0.2) is 0 Å². The van der Waals surface area contributed by atoms with Crippen molar-refractivity contribution in [3.8, 4) is 0 Å². The highest BCUT2D eigenvalue weighted by Gasteiger charge is 2.59. The Morgan fingerprint density at radius 1 is 1.11 bits per heavy atom. The van der Waals surface area contributed by atoms with E-state index >= 15 is 0 Å². The Morgan fingerprint density at radius 3 is 2.52 bits per heavy atom. The van der Waals surface area contributed by atoms with E-state index in [1.54, 1.807) is 0 Å². The van der Waals surface area contributed by atoms with Gasteiger partial charge in [0.05, 0.1) is 6.10 Å². The molecule has 0 heterocycles. The zero-order valence-corrected chi connectivity index (χ0v) is 17.6. The van der Waals surface area contributed by atoms with Gasteiger partial charge in [0.15, 0.2) is 5.78 Å². The molecule has 6 atom stereocenters. The summed E-state index contributed by atoms with van der Waals surface area (Å²) in [6.45, 7) is 11.0. The molecule has 150 valence electrons. The van der Waals surface area contributed by atoms with E-state index in [0.29, 0.717) is 23.5 Å². The standard InChI is InChI=1S/C24H37NO2/c1-5-25(6-2)15-16-13-21-19-8-7-17-14-18(26)9-11-23(17,3)20(19)10-12-24(21,4)22(16)27/h7,15,18-21,26H,5-6,8-14H2,1-4H3/b16-15-/t18-,19+,20-,21-,23-,24-/m0/s1. The fraction of sp³-hybridized carbons (Fsp3) is 0.792. The number of allylic oxidation sites excluding steroid dienone is 2. The normalized spacial score (nSPS) is 45.1. The average molecular weight is 372 g/mol. The van der Waals surface area contributed by atoms with Gasteiger partial charge in [-0.3, -0.25) is 4.79 Å². The van der Waals surface area contributed by atoms with Crippen LogP contribution in [-0.4, -0.2) is 35.0 Å². The number of ketones is 1. The number of fused-ring (bicyclic) bond motifs is 5. The number of rotatable bonds is 3. The summed E-state index contributed by atoms with van der Waals surface area (Å²) in [6.07, 6.45) is 11.7. The maximum atomic E-state index is 13.4. The van der Waals surface area contributed by atoms with Crippen LogP contribution in [0.1, 0.15) is 72.6 Å². The van der Waals surface area contributed by atoms with E-state index in [9.17, 15) is 9.90 Å². The van der Waals surface area contributed by atoms with Gasteiger partial charge < -0.3 is 10.0 Å². The van der Waals surface area contributed by atoms with E-state index < -0.39 is 0 Å².